The molecule has 9 heteroatoms. The molecule has 6 nitrogen and oxygen atoms in total. The van der Waals surface area contributed by atoms with E-state index in [4.69, 9.17) is 0 Å². The Hall–Kier alpha value is -2.84. The summed E-state index contributed by atoms with van der Waals surface area (Å²) in [6.45, 7) is 3.62. The van der Waals surface area contributed by atoms with Gasteiger partial charge in [0, 0.05) is 13.1 Å². The highest BCUT2D eigenvalue weighted by atomic mass is 19.2. The van der Waals surface area contributed by atoms with Crippen LogP contribution in [0, 0.1) is 30.3 Å². The topological polar surface area (TPSA) is 70.1 Å². The summed E-state index contributed by atoms with van der Waals surface area (Å²) in [6, 6.07) is 1.93. The summed E-state index contributed by atoms with van der Waals surface area (Å²) in [7, 11) is 1.82. The van der Waals surface area contributed by atoms with Crippen molar-refractivity contribution in [2.45, 2.75) is 45.2 Å². The van der Waals surface area contributed by atoms with Gasteiger partial charge in [-0.15, -0.1) is 0 Å². The van der Waals surface area contributed by atoms with Crippen molar-refractivity contribution in [2.24, 2.45) is 5.92 Å². The molecule has 2 heterocycles. The lowest BCUT2D eigenvalue weighted by molar-refractivity contribution is -0.117. The number of halogens is 3. The number of hydrogen-bond donors (Lipinski definition) is 2. The number of nitrogens with zero attached hydrogens (tertiary/aromatic N) is 3. The Bertz CT molecular complexity index is 954. The van der Waals surface area contributed by atoms with Crippen molar-refractivity contribution in [3.8, 4) is 0 Å². The van der Waals surface area contributed by atoms with Gasteiger partial charge in [0.2, 0.25) is 11.9 Å². The summed E-state index contributed by atoms with van der Waals surface area (Å²) in [4.78, 5) is 22.8. The van der Waals surface area contributed by atoms with Crippen molar-refractivity contribution in [3.05, 3.63) is 40.8 Å². The number of likely N-dealkylation sites (N-methyl/N-ethyl adjacent to an activating group) is 1. The van der Waals surface area contributed by atoms with E-state index in [-0.39, 0.29) is 23.9 Å². The van der Waals surface area contributed by atoms with Gasteiger partial charge >= 0.3 is 0 Å². The van der Waals surface area contributed by atoms with E-state index < -0.39 is 17.5 Å². The fourth-order valence-electron chi connectivity index (χ4n) is 3.87. The second kappa shape index (κ2) is 7.20. The third-order valence-corrected chi connectivity index (χ3v) is 5.75. The van der Waals surface area contributed by atoms with Crippen LogP contribution in [0.25, 0.3) is 0 Å². The number of carbonyl (C=O) groups excluding carboxylic acids is 1. The smallest absolute Gasteiger partial charge is 0.246 e. The normalized spacial score (nSPS) is 23.3. The molecular weight excluding hydrogens is 383 g/mol. The molecule has 1 atom stereocenters. The van der Waals surface area contributed by atoms with Gasteiger partial charge in [0.15, 0.2) is 23.3 Å². The van der Waals surface area contributed by atoms with Gasteiger partial charge in [-0.05, 0) is 56.7 Å². The van der Waals surface area contributed by atoms with E-state index in [0.717, 1.165) is 25.0 Å². The second-order valence-corrected chi connectivity index (χ2v) is 7.86. The van der Waals surface area contributed by atoms with Crippen LogP contribution in [0.4, 0.5) is 30.6 Å². The lowest BCUT2D eigenvalue weighted by atomic mass is 9.76. The first-order valence-electron chi connectivity index (χ1n) is 9.55. The van der Waals surface area contributed by atoms with Crippen molar-refractivity contribution in [3.63, 3.8) is 0 Å². The summed E-state index contributed by atoms with van der Waals surface area (Å²) in [6.07, 6.45) is 2.08. The average molecular weight is 405 g/mol. The van der Waals surface area contributed by atoms with Crippen molar-refractivity contribution >= 4 is 23.4 Å². The van der Waals surface area contributed by atoms with Gasteiger partial charge < -0.3 is 15.5 Å². The number of fused-ring (bicyclic) bond motifs is 1. The van der Waals surface area contributed by atoms with Crippen molar-refractivity contribution in [2.75, 3.05) is 22.6 Å². The lowest BCUT2D eigenvalue weighted by Gasteiger charge is -2.37. The molecule has 1 aliphatic heterocycles. The minimum Gasteiger partial charge on any atom is -0.351 e. The first kappa shape index (κ1) is 19.5. The Morgan fingerprint density at radius 2 is 1.86 bits per heavy atom. The molecule has 1 amide bonds. The molecule has 2 aliphatic rings. The zero-order chi connectivity index (χ0) is 20.9. The van der Waals surface area contributed by atoms with Crippen LogP contribution in [-0.2, 0) is 11.2 Å². The molecule has 1 aliphatic carbocycles. The molecule has 0 unspecified atom stereocenters. The highest BCUT2D eigenvalue weighted by molar-refractivity contribution is 6.03. The van der Waals surface area contributed by atoms with Crippen LogP contribution in [0.3, 0.4) is 0 Å². The minimum absolute atomic E-state index is 0.0945. The van der Waals surface area contributed by atoms with Crippen LogP contribution in [0.15, 0.2) is 12.1 Å². The van der Waals surface area contributed by atoms with E-state index in [1.165, 1.54) is 0 Å². The Kier molecular flexibility index (Phi) is 4.84. The van der Waals surface area contributed by atoms with E-state index in [0.29, 0.717) is 35.1 Å². The van der Waals surface area contributed by atoms with Crippen molar-refractivity contribution < 1.29 is 18.0 Å². The van der Waals surface area contributed by atoms with E-state index in [1.54, 1.807) is 6.92 Å². The van der Waals surface area contributed by atoms with E-state index in [9.17, 15) is 18.0 Å². The lowest BCUT2D eigenvalue weighted by Crippen LogP contribution is -2.45. The molecular formula is C20H22F3N5O. The van der Waals surface area contributed by atoms with E-state index in [1.807, 2.05) is 18.9 Å². The molecule has 1 aromatic heterocycles. The van der Waals surface area contributed by atoms with Crippen molar-refractivity contribution in [1.82, 2.24) is 9.97 Å². The van der Waals surface area contributed by atoms with Crippen LogP contribution in [0.1, 0.15) is 31.0 Å². The number of carbonyl (C=O) groups is 1. The number of hydrogen-bond acceptors (Lipinski definition) is 5. The fraction of sp³-hybridized carbons (Fsp3) is 0.450. The molecule has 4 rings (SSSR count). The molecule has 0 bridgehead atoms. The maximum absolute atomic E-state index is 13.4. The van der Waals surface area contributed by atoms with Crippen LogP contribution < -0.4 is 15.5 Å². The molecule has 0 spiro atoms. The Balaban J connectivity index is 1.40. The largest absolute Gasteiger partial charge is 0.351 e. The molecule has 1 fully saturated rings. The molecule has 2 aromatic rings. The van der Waals surface area contributed by atoms with Crippen LogP contribution in [0.5, 0.6) is 0 Å². The number of nitrogens with one attached hydrogen (secondary N) is 2. The molecule has 2 N–H and O–H groups in total. The maximum Gasteiger partial charge on any atom is 0.246 e. The van der Waals surface area contributed by atoms with Gasteiger partial charge in [-0.1, -0.05) is 0 Å². The standard InChI is InChI=1S/C20H22F3N5O/c1-9-17-18(28(3)10(2)19(29)26-17)27-20(24-9)25-13-5-11(6-13)4-12-7-14(21)16(23)15(22)8-12/h7-8,10-11,13H,4-6H2,1-3H3,(H,26,29)(H,24,25,27)/t10-,11?,13?/m0/s1. The van der Waals surface area contributed by atoms with Crippen molar-refractivity contribution in [1.29, 1.82) is 0 Å². The van der Waals surface area contributed by atoms with Crippen LogP contribution >= 0.6 is 0 Å². The summed E-state index contributed by atoms with van der Waals surface area (Å²) >= 11 is 0. The Labute approximate surface area is 166 Å². The zero-order valence-corrected chi connectivity index (χ0v) is 16.4. The third-order valence-electron chi connectivity index (χ3n) is 5.75. The maximum atomic E-state index is 13.4. The Morgan fingerprint density at radius 3 is 2.52 bits per heavy atom. The predicted molar refractivity (Wildman–Crippen MR) is 103 cm³/mol. The number of rotatable bonds is 4. The molecule has 1 saturated carbocycles. The van der Waals surface area contributed by atoms with E-state index in [2.05, 4.69) is 20.6 Å². The molecule has 154 valence electrons. The highest BCUT2D eigenvalue weighted by Gasteiger charge is 2.33. The van der Waals surface area contributed by atoms with Crippen LogP contribution in [-0.4, -0.2) is 35.0 Å². The molecule has 0 radical (unpaired) electrons. The first-order chi connectivity index (χ1) is 13.7. The number of amides is 1. The van der Waals surface area contributed by atoms with Gasteiger partial charge in [-0.25, -0.2) is 18.2 Å². The molecule has 29 heavy (non-hydrogen) atoms. The summed E-state index contributed by atoms with van der Waals surface area (Å²) in [5.74, 6) is -2.44. The minimum atomic E-state index is -1.43. The molecule has 0 saturated heterocycles. The zero-order valence-electron chi connectivity index (χ0n) is 16.4. The first-order valence-corrected chi connectivity index (χ1v) is 9.55. The summed E-state index contributed by atoms with van der Waals surface area (Å²) in [5, 5.41) is 6.14. The fourth-order valence-corrected chi connectivity index (χ4v) is 3.87. The highest BCUT2D eigenvalue weighted by Crippen LogP contribution is 2.35. The molecule has 1 aromatic carbocycles. The quantitative estimate of drug-likeness (QED) is 0.763. The van der Waals surface area contributed by atoms with Gasteiger partial charge in [0.05, 0.1) is 5.69 Å². The SMILES string of the molecule is Cc1nc(NC2CC(Cc3cc(F)c(F)c(F)c3)C2)nc2c1NC(=O)[C@H](C)N2C. The Morgan fingerprint density at radius 1 is 1.21 bits per heavy atom. The van der Waals surface area contributed by atoms with Gasteiger partial charge in [-0.2, -0.15) is 4.98 Å². The predicted octanol–water partition coefficient (Wildman–Crippen LogP) is 3.41. The number of aryl methyl sites for hydroxylation is 1. The van der Waals surface area contributed by atoms with Crippen LogP contribution in [0.2, 0.25) is 0 Å². The summed E-state index contributed by atoms with van der Waals surface area (Å²) < 4.78 is 39.8. The third kappa shape index (κ3) is 3.61. The van der Waals surface area contributed by atoms with Gasteiger partial charge in [0.1, 0.15) is 11.7 Å². The summed E-state index contributed by atoms with van der Waals surface area (Å²) in [5.41, 5.74) is 1.75. The number of aromatic nitrogens is 2. The van der Waals surface area contributed by atoms with E-state index >= 15 is 0 Å². The number of benzene rings is 1. The second-order valence-electron chi connectivity index (χ2n) is 7.86. The average Bonchev–Trinajstić information content (AvgIpc) is 2.63. The van der Waals surface area contributed by atoms with Gasteiger partial charge in [0.25, 0.3) is 0 Å². The van der Waals surface area contributed by atoms with Gasteiger partial charge in [-0.3, -0.25) is 4.79 Å². The number of anilines is 3. The monoisotopic (exact) mass is 405 g/mol.